The van der Waals surface area contributed by atoms with E-state index in [1.807, 2.05) is 0 Å². The van der Waals surface area contributed by atoms with Crippen LogP contribution >= 0.6 is 7.82 Å². The maximum atomic E-state index is 10.2. The Bertz CT molecular complexity index is 179. The van der Waals surface area contributed by atoms with E-state index in [0.717, 1.165) is 0 Å². The molecule has 0 aliphatic rings. The second-order valence-electron chi connectivity index (χ2n) is 2.32. The van der Waals surface area contributed by atoms with Crippen molar-refractivity contribution in [2.45, 2.75) is 6.29 Å². The number of phosphoric ester groups is 1. The van der Waals surface area contributed by atoms with Crippen LogP contribution in [0.3, 0.4) is 0 Å². The summed E-state index contributed by atoms with van der Waals surface area (Å²) in [6, 6.07) is 0. The highest BCUT2D eigenvalue weighted by molar-refractivity contribution is 7.46. The fraction of sp³-hybridized carbons (Fsp3) is 1.00. The van der Waals surface area contributed by atoms with E-state index in [0.29, 0.717) is 0 Å². The molecule has 0 aromatic carbocycles. The summed E-state index contributed by atoms with van der Waals surface area (Å²) in [7, 11) is -1.48. The highest BCUT2D eigenvalue weighted by Crippen LogP contribution is 2.35. The Morgan fingerprint density at radius 2 is 1.93 bits per heavy atom. The molecule has 0 saturated carbocycles. The molecule has 0 aliphatic carbocycles. The number of hydrogen-bond acceptors (Lipinski definition) is 5. The molecule has 0 saturated heterocycles. The Balaban J connectivity index is 3.47. The maximum absolute atomic E-state index is 10.2. The van der Waals surface area contributed by atoms with Crippen LogP contribution in [0.15, 0.2) is 0 Å². The molecule has 0 bridgehead atoms. The third-order valence-electron chi connectivity index (χ3n) is 1.21. The molecular formula is C6H15O7P. The summed E-state index contributed by atoms with van der Waals surface area (Å²) < 4.78 is 29.0. The van der Waals surface area contributed by atoms with E-state index < -0.39 is 14.1 Å². The van der Waals surface area contributed by atoms with Gasteiger partial charge in [-0.3, -0.25) is 4.52 Å². The SMILES string of the molecule is COCC(OC)OCCOP(=O)(O)O. The molecule has 0 aromatic heterocycles. The van der Waals surface area contributed by atoms with Crippen molar-refractivity contribution in [3.63, 3.8) is 0 Å². The zero-order valence-electron chi connectivity index (χ0n) is 8.08. The monoisotopic (exact) mass is 230 g/mol. The van der Waals surface area contributed by atoms with Crippen molar-refractivity contribution in [3.05, 3.63) is 0 Å². The van der Waals surface area contributed by atoms with Crippen LogP contribution in [0.5, 0.6) is 0 Å². The fourth-order valence-electron chi connectivity index (χ4n) is 0.656. The lowest BCUT2D eigenvalue weighted by molar-refractivity contribution is -0.155. The van der Waals surface area contributed by atoms with Crippen molar-refractivity contribution in [1.82, 2.24) is 0 Å². The van der Waals surface area contributed by atoms with Crippen molar-refractivity contribution >= 4 is 7.82 Å². The molecule has 0 fully saturated rings. The third-order valence-corrected chi connectivity index (χ3v) is 1.73. The smallest absolute Gasteiger partial charge is 0.379 e. The number of hydrogen-bond donors (Lipinski definition) is 2. The summed E-state index contributed by atoms with van der Waals surface area (Å²) in [4.78, 5) is 16.6. The van der Waals surface area contributed by atoms with Gasteiger partial charge in [0.05, 0.1) is 19.8 Å². The molecule has 1 atom stereocenters. The van der Waals surface area contributed by atoms with E-state index in [4.69, 9.17) is 24.0 Å². The first kappa shape index (κ1) is 14.0. The van der Waals surface area contributed by atoms with Crippen molar-refractivity contribution in [2.24, 2.45) is 0 Å². The van der Waals surface area contributed by atoms with E-state index in [9.17, 15) is 4.57 Å². The van der Waals surface area contributed by atoms with Crippen LogP contribution < -0.4 is 0 Å². The lowest BCUT2D eigenvalue weighted by atomic mass is 10.6. The number of methoxy groups -OCH3 is 2. The predicted molar refractivity (Wildman–Crippen MR) is 46.6 cm³/mol. The van der Waals surface area contributed by atoms with Gasteiger partial charge in [0.1, 0.15) is 0 Å². The second kappa shape index (κ2) is 7.30. The molecule has 0 rings (SSSR count). The van der Waals surface area contributed by atoms with Gasteiger partial charge in [-0.1, -0.05) is 0 Å². The van der Waals surface area contributed by atoms with Crippen LogP contribution in [0.2, 0.25) is 0 Å². The minimum absolute atomic E-state index is 0.0208. The molecule has 14 heavy (non-hydrogen) atoms. The van der Waals surface area contributed by atoms with Crippen molar-refractivity contribution < 1.29 is 33.1 Å². The Hall–Kier alpha value is -0.0100. The van der Waals surface area contributed by atoms with Gasteiger partial charge in [0.15, 0.2) is 6.29 Å². The van der Waals surface area contributed by atoms with E-state index in [2.05, 4.69) is 4.52 Å². The zero-order chi connectivity index (χ0) is 11.0. The Kier molecular flexibility index (Phi) is 7.30. The first-order valence-electron chi connectivity index (χ1n) is 3.83. The van der Waals surface area contributed by atoms with Gasteiger partial charge in [-0.25, -0.2) is 4.57 Å². The van der Waals surface area contributed by atoms with Crippen LogP contribution in [-0.4, -0.2) is 50.1 Å². The Morgan fingerprint density at radius 3 is 2.36 bits per heavy atom. The van der Waals surface area contributed by atoms with Gasteiger partial charge >= 0.3 is 7.82 Å². The van der Waals surface area contributed by atoms with E-state index in [1.165, 1.54) is 14.2 Å². The maximum Gasteiger partial charge on any atom is 0.469 e. The Labute approximate surface area is 82.2 Å². The lowest BCUT2D eigenvalue weighted by Crippen LogP contribution is -2.23. The van der Waals surface area contributed by atoms with E-state index in [1.54, 1.807) is 0 Å². The standard InChI is InChI=1S/C6H15O7P/c1-10-5-6(11-2)12-3-4-13-14(7,8)9/h6H,3-5H2,1-2H3,(H2,7,8,9). The summed E-state index contributed by atoms with van der Waals surface area (Å²) in [6.45, 7) is 0.0627. The van der Waals surface area contributed by atoms with Gasteiger partial charge in [0.25, 0.3) is 0 Å². The molecule has 0 aromatic rings. The largest absolute Gasteiger partial charge is 0.469 e. The Morgan fingerprint density at radius 1 is 1.29 bits per heavy atom. The van der Waals surface area contributed by atoms with Crippen molar-refractivity contribution in [1.29, 1.82) is 0 Å². The average Bonchev–Trinajstić information content (AvgIpc) is 2.08. The van der Waals surface area contributed by atoms with Crippen LogP contribution in [0, 0.1) is 0 Å². The predicted octanol–water partition coefficient (Wildman–Crippen LogP) is -0.269. The van der Waals surface area contributed by atoms with Gasteiger partial charge in [0.2, 0.25) is 0 Å². The minimum atomic E-state index is -4.40. The van der Waals surface area contributed by atoms with E-state index >= 15 is 0 Å². The summed E-state index contributed by atoms with van der Waals surface area (Å²) in [6.07, 6.45) is -0.555. The molecule has 86 valence electrons. The molecule has 2 N–H and O–H groups in total. The highest BCUT2D eigenvalue weighted by Gasteiger charge is 2.13. The third kappa shape index (κ3) is 8.58. The molecule has 0 amide bonds. The molecule has 0 spiro atoms. The van der Waals surface area contributed by atoms with Crippen molar-refractivity contribution in [2.75, 3.05) is 34.0 Å². The molecule has 8 heteroatoms. The van der Waals surface area contributed by atoms with Gasteiger partial charge in [0, 0.05) is 14.2 Å². The van der Waals surface area contributed by atoms with Crippen molar-refractivity contribution in [3.8, 4) is 0 Å². The normalized spacial score (nSPS) is 14.3. The molecule has 7 nitrogen and oxygen atoms in total. The summed E-state index contributed by atoms with van der Waals surface area (Å²) in [5, 5.41) is 0. The molecule has 1 unspecified atom stereocenters. The van der Waals surface area contributed by atoms with Gasteiger partial charge in [-0.05, 0) is 0 Å². The number of ether oxygens (including phenoxy) is 3. The van der Waals surface area contributed by atoms with Crippen LogP contribution in [-0.2, 0) is 23.3 Å². The van der Waals surface area contributed by atoms with E-state index in [-0.39, 0.29) is 19.8 Å². The fourth-order valence-corrected chi connectivity index (χ4v) is 0.968. The average molecular weight is 230 g/mol. The quantitative estimate of drug-likeness (QED) is 0.336. The summed E-state index contributed by atoms with van der Waals surface area (Å²) in [5.74, 6) is 0. The molecular weight excluding hydrogens is 215 g/mol. The lowest BCUT2D eigenvalue weighted by Gasteiger charge is -2.15. The second-order valence-corrected chi connectivity index (χ2v) is 3.55. The van der Waals surface area contributed by atoms with Gasteiger partial charge < -0.3 is 24.0 Å². The summed E-state index contributed by atoms with van der Waals surface area (Å²) in [5.41, 5.74) is 0. The highest BCUT2D eigenvalue weighted by atomic mass is 31.2. The summed E-state index contributed by atoms with van der Waals surface area (Å²) >= 11 is 0. The minimum Gasteiger partial charge on any atom is -0.379 e. The molecule has 0 heterocycles. The topological polar surface area (TPSA) is 94.5 Å². The van der Waals surface area contributed by atoms with Gasteiger partial charge in [-0.15, -0.1) is 0 Å². The number of rotatable bonds is 8. The number of phosphoric acid groups is 1. The molecule has 0 radical (unpaired) electrons. The van der Waals surface area contributed by atoms with Crippen LogP contribution in [0.25, 0.3) is 0 Å². The van der Waals surface area contributed by atoms with Gasteiger partial charge in [-0.2, -0.15) is 0 Å². The first-order chi connectivity index (χ1) is 6.49. The first-order valence-corrected chi connectivity index (χ1v) is 5.36. The van der Waals surface area contributed by atoms with Crippen LogP contribution in [0.1, 0.15) is 0 Å². The van der Waals surface area contributed by atoms with Crippen LogP contribution in [0.4, 0.5) is 0 Å². The molecule has 0 aliphatic heterocycles. The zero-order valence-corrected chi connectivity index (χ0v) is 8.98.